The Morgan fingerprint density at radius 1 is 0.833 bits per heavy atom. The first-order chi connectivity index (χ1) is 26.1. The van der Waals surface area contributed by atoms with Gasteiger partial charge in [-0.05, 0) is 87.5 Å². The van der Waals surface area contributed by atoms with Crippen LogP contribution in [0.25, 0.3) is 0 Å². The molecule has 292 valence electrons. The van der Waals surface area contributed by atoms with Crippen LogP contribution < -0.4 is 0 Å². The first kappa shape index (κ1) is 40.4. The first-order valence-corrected chi connectivity index (χ1v) is 20.3. The van der Waals surface area contributed by atoms with E-state index < -0.39 is 23.8 Å². The normalized spacial score (nSPS) is 24.9. The summed E-state index contributed by atoms with van der Waals surface area (Å²) in [5.41, 5.74) is 3.71. The Morgan fingerprint density at radius 3 is 2.06 bits per heavy atom. The van der Waals surface area contributed by atoms with Gasteiger partial charge < -0.3 is 19.3 Å². The molecule has 4 aliphatic heterocycles. The monoisotopic (exact) mass is 779 g/mol. The Hall–Kier alpha value is -3.28. The number of hydrogen-bond donors (Lipinski definition) is 0. The zero-order valence-corrected chi connectivity index (χ0v) is 33.9. The SMILES string of the molecule is CCN(CC)Cc1ccccc1CCC1=C(C(=O)OC)C(c2c(Cl)cccc2Cl)C(C(=O)OC)C(CC(=O)N2CCN(C3CC4CCC(C3)N4C)CC2)=N1. The maximum absolute atomic E-state index is 14.2. The van der Waals surface area contributed by atoms with Crippen LogP contribution >= 0.6 is 23.2 Å². The van der Waals surface area contributed by atoms with Crippen molar-refractivity contribution in [1.29, 1.82) is 0 Å². The van der Waals surface area contributed by atoms with Crippen LogP contribution in [0.15, 0.2) is 58.7 Å². The predicted octanol–water partition coefficient (Wildman–Crippen LogP) is 6.38. The van der Waals surface area contributed by atoms with Gasteiger partial charge in [-0.2, -0.15) is 0 Å². The molecule has 6 rings (SSSR count). The number of ether oxygens (including phenoxy) is 2. The van der Waals surface area contributed by atoms with E-state index in [0.717, 1.165) is 38.3 Å². The van der Waals surface area contributed by atoms with Gasteiger partial charge in [-0.1, -0.05) is 67.4 Å². The number of aliphatic imine (C=N–C) groups is 1. The molecule has 0 spiro atoms. The topological polar surface area (TPSA) is 95.0 Å². The third-order valence-electron chi connectivity index (χ3n) is 12.4. The fraction of sp³-hybridized carbons (Fsp3) is 0.571. The molecule has 0 N–H and O–H groups in total. The van der Waals surface area contributed by atoms with Crippen LogP contribution in [-0.2, 0) is 36.8 Å². The zero-order valence-electron chi connectivity index (χ0n) is 32.4. The lowest BCUT2D eigenvalue weighted by Crippen LogP contribution is -2.56. The van der Waals surface area contributed by atoms with Crippen LogP contribution in [0.4, 0.5) is 0 Å². The average molecular weight is 781 g/mol. The molecule has 0 radical (unpaired) electrons. The fourth-order valence-corrected chi connectivity index (χ4v) is 9.87. The van der Waals surface area contributed by atoms with Crippen molar-refractivity contribution in [1.82, 2.24) is 19.6 Å². The maximum Gasteiger partial charge on any atom is 0.336 e. The van der Waals surface area contributed by atoms with Gasteiger partial charge in [0.15, 0.2) is 0 Å². The van der Waals surface area contributed by atoms with E-state index in [1.54, 1.807) is 18.2 Å². The van der Waals surface area contributed by atoms with Crippen molar-refractivity contribution in [3.8, 4) is 0 Å². The number of methoxy groups -OCH3 is 2. The molecule has 0 saturated carbocycles. The van der Waals surface area contributed by atoms with E-state index in [4.69, 9.17) is 37.7 Å². The fourth-order valence-electron chi connectivity index (χ4n) is 9.24. The molecule has 2 aromatic carbocycles. The second kappa shape index (κ2) is 18.1. The molecule has 4 aliphatic rings. The minimum atomic E-state index is -1.12. The first-order valence-electron chi connectivity index (χ1n) is 19.5. The summed E-state index contributed by atoms with van der Waals surface area (Å²) in [6.45, 7) is 9.78. The summed E-state index contributed by atoms with van der Waals surface area (Å²) in [7, 11) is 4.87. The summed E-state index contributed by atoms with van der Waals surface area (Å²) in [6, 6.07) is 15.2. The average Bonchev–Trinajstić information content (AvgIpc) is 3.36. The third-order valence-corrected chi connectivity index (χ3v) is 13.1. The molecule has 4 heterocycles. The van der Waals surface area contributed by atoms with Gasteiger partial charge in [0.25, 0.3) is 0 Å². The Labute approximate surface area is 330 Å². The number of benzene rings is 2. The van der Waals surface area contributed by atoms with Crippen molar-refractivity contribution >= 4 is 46.8 Å². The Morgan fingerprint density at radius 2 is 1.46 bits per heavy atom. The maximum atomic E-state index is 14.2. The standard InChI is InChI=1S/C42H55Cl2N5O5/c1-6-47(7-2)26-28-12-9-8-11-27(28)15-18-34-38(41(51)53-4)40(37-32(43)13-10-14-33(37)44)39(42(52)54-5)35(45-34)25-36(50)49-21-19-48(20-22-49)31-23-29-16-17-30(24-31)46(29)3/h8-14,29-31,39-40H,6-7,15-26H2,1-5H3. The van der Waals surface area contributed by atoms with Crippen LogP contribution in [0.1, 0.15) is 75.0 Å². The number of aryl methyl sites for hydroxylation is 1. The van der Waals surface area contributed by atoms with Crippen molar-refractivity contribution in [2.45, 2.75) is 89.4 Å². The van der Waals surface area contributed by atoms with E-state index in [1.807, 2.05) is 17.0 Å². The molecule has 2 bridgehead atoms. The second-order valence-electron chi connectivity index (χ2n) is 15.1. The van der Waals surface area contributed by atoms with Crippen LogP contribution in [0, 0.1) is 5.92 Å². The van der Waals surface area contributed by atoms with Crippen LogP contribution in [0.2, 0.25) is 10.0 Å². The highest BCUT2D eigenvalue weighted by Gasteiger charge is 2.47. The number of hydrogen-bond acceptors (Lipinski definition) is 9. The molecule has 3 fully saturated rings. The molecule has 4 unspecified atom stereocenters. The molecular formula is C42H55Cl2N5O5. The van der Waals surface area contributed by atoms with E-state index in [9.17, 15) is 14.4 Å². The van der Waals surface area contributed by atoms with Gasteiger partial charge >= 0.3 is 11.9 Å². The van der Waals surface area contributed by atoms with Gasteiger partial charge in [0, 0.05) is 72.5 Å². The highest BCUT2D eigenvalue weighted by atomic mass is 35.5. The number of halogens is 2. The van der Waals surface area contributed by atoms with Crippen molar-refractivity contribution < 1.29 is 23.9 Å². The van der Waals surface area contributed by atoms with Gasteiger partial charge in [0.1, 0.15) is 5.92 Å². The minimum absolute atomic E-state index is 0.104. The molecule has 54 heavy (non-hydrogen) atoms. The Kier molecular flexibility index (Phi) is 13.5. The molecular weight excluding hydrogens is 725 g/mol. The van der Waals surface area contributed by atoms with Crippen molar-refractivity contribution in [3.63, 3.8) is 0 Å². The summed E-state index contributed by atoms with van der Waals surface area (Å²) in [6.07, 6.45) is 5.75. The molecule has 0 aliphatic carbocycles. The van der Waals surface area contributed by atoms with Gasteiger partial charge in [0.05, 0.1) is 31.9 Å². The second-order valence-corrected chi connectivity index (χ2v) is 15.9. The lowest BCUT2D eigenvalue weighted by molar-refractivity contribution is -0.143. The van der Waals surface area contributed by atoms with Crippen LogP contribution in [0.5, 0.6) is 0 Å². The van der Waals surface area contributed by atoms with Gasteiger partial charge in [0.2, 0.25) is 5.91 Å². The molecule has 0 aromatic heterocycles. The van der Waals surface area contributed by atoms with Gasteiger partial charge in [-0.15, -0.1) is 0 Å². The number of fused-ring (bicyclic) bond motifs is 2. The number of piperazine rings is 1. The summed E-state index contributed by atoms with van der Waals surface area (Å²) < 4.78 is 10.7. The van der Waals surface area contributed by atoms with E-state index in [0.29, 0.717) is 61.0 Å². The van der Waals surface area contributed by atoms with Gasteiger partial charge in [-0.3, -0.25) is 24.4 Å². The minimum Gasteiger partial charge on any atom is -0.468 e. The molecule has 3 saturated heterocycles. The van der Waals surface area contributed by atoms with Crippen LogP contribution in [-0.4, -0.2) is 122 Å². The summed E-state index contributed by atoms with van der Waals surface area (Å²) in [4.78, 5) is 56.4. The Balaban J connectivity index is 1.32. The number of carbonyl (C=O) groups excluding carboxylic acids is 3. The highest BCUT2D eigenvalue weighted by molar-refractivity contribution is 6.36. The lowest BCUT2D eigenvalue weighted by Gasteiger charge is -2.45. The largest absolute Gasteiger partial charge is 0.468 e. The number of rotatable bonds is 13. The number of allylic oxidation sites excluding steroid dienone is 1. The molecule has 12 heteroatoms. The van der Waals surface area contributed by atoms with Crippen molar-refractivity contribution in [2.75, 3.05) is 60.5 Å². The van der Waals surface area contributed by atoms with Crippen LogP contribution in [0.3, 0.4) is 0 Å². The number of esters is 2. The number of amides is 1. The highest BCUT2D eigenvalue weighted by Crippen LogP contribution is 2.47. The van der Waals surface area contributed by atoms with Crippen molar-refractivity contribution in [2.24, 2.45) is 10.9 Å². The van der Waals surface area contributed by atoms with E-state index in [1.165, 1.54) is 45.5 Å². The summed E-state index contributed by atoms with van der Waals surface area (Å²) >= 11 is 13.7. The smallest absolute Gasteiger partial charge is 0.336 e. The van der Waals surface area contributed by atoms with Gasteiger partial charge in [-0.25, -0.2) is 4.79 Å². The molecule has 10 nitrogen and oxygen atoms in total. The summed E-state index contributed by atoms with van der Waals surface area (Å²) in [5, 5.41) is 0.579. The number of piperidine rings is 1. The van der Waals surface area contributed by atoms with E-state index in [2.05, 4.69) is 47.7 Å². The third kappa shape index (κ3) is 8.58. The predicted molar refractivity (Wildman–Crippen MR) is 213 cm³/mol. The summed E-state index contributed by atoms with van der Waals surface area (Å²) in [5.74, 6) is -3.48. The molecule has 1 amide bonds. The quantitative estimate of drug-likeness (QED) is 0.216. The Bertz CT molecular complexity index is 1720. The zero-order chi connectivity index (χ0) is 38.5. The van der Waals surface area contributed by atoms with Crippen molar-refractivity contribution in [3.05, 3.63) is 80.5 Å². The number of carbonyl (C=O) groups is 3. The number of nitrogens with zero attached hydrogens (tertiary/aromatic N) is 5. The van der Waals surface area contributed by atoms with E-state index in [-0.39, 0.29) is 27.9 Å². The molecule has 2 aromatic rings. The van der Waals surface area contributed by atoms with E-state index >= 15 is 0 Å². The lowest BCUT2D eigenvalue weighted by atomic mass is 9.73. The molecule has 4 atom stereocenters.